The smallest absolute Gasteiger partial charge is 0.255 e. The van der Waals surface area contributed by atoms with Crippen molar-refractivity contribution in [1.29, 1.82) is 0 Å². The van der Waals surface area contributed by atoms with Crippen LogP contribution in [0.15, 0.2) is 40.9 Å². The van der Waals surface area contributed by atoms with Gasteiger partial charge in [-0.1, -0.05) is 33.6 Å². The van der Waals surface area contributed by atoms with E-state index in [4.69, 9.17) is 11.6 Å². The van der Waals surface area contributed by atoms with Crippen molar-refractivity contribution in [2.75, 3.05) is 5.32 Å². The SMILES string of the molecule is Cc1cc(Br)cc(C(=O)Nc2ccc(C)cc2Cl)c1. The van der Waals surface area contributed by atoms with Crippen LogP contribution in [-0.2, 0) is 0 Å². The fourth-order valence-electron chi connectivity index (χ4n) is 1.78. The van der Waals surface area contributed by atoms with Crippen LogP contribution in [0.3, 0.4) is 0 Å². The molecule has 4 heteroatoms. The number of anilines is 1. The summed E-state index contributed by atoms with van der Waals surface area (Å²) in [5.41, 5.74) is 3.30. The quantitative estimate of drug-likeness (QED) is 0.823. The second-order valence-corrected chi connectivity index (χ2v) is 5.78. The minimum Gasteiger partial charge on any atom is -0.321 e. The third-order valence-corrected chi connectivity index (χ3v) is 3.45. The van der Waals surface area contributed by atoms with Crippen LogP contribution in [0, 0.1) is 13.8 Å². The molecule has 0 aromatic heterocycles. The van der Waals surface area contributed by atoms with Crippen molar-refractivity contribution in [1.82, 2.24) is 0 Å². The number of carbonyl (C=O) groups excluding carboxylic acids is 1. The molecule has 0 spiro atoms. The molecule has 2 nitrogen and oxygen atoms in total. The Kier molecular flexibility index (Phi) is 4.27. The topological polar surface area (TPSA) is 29.1 Å². The van der Waals surface area contributed by atoms with Gasteiger partial charge in [0.15, 0.2) is 0 Å². The van der Waals surface area contributed by atoms with Crippen molar-refractivity contribution >= 4 is 39.1 Å². The second-order valence-electron chi connectivity index (χ2n) is 4.45. The molecule has 0 fully saturated rings. The van der Waals surface area contributed by atoms with Crippen LogP contribution in [0.5, 0.6) is 0 Å². The second kappa shape index (κ2) is 5.76. The number of halogens is 2. The Morgan fingerprint density at radius 2 is 1.84 bits per heavy atom. The molecule has 0 heterocycles. The van der Waals surface area contributed by atoms with Gasteiger partial charge in [0.1, 0.15) is 0 Å². The van der Waals surface area contributed by atoms with Crippen LogP contribution in [-0.4, -0.2) is 5.91 Å². The van der Waals surface area contributed by atoms with Gasteiger partial charge in [0, 0.05) is 10.0 Å². The predicted octanol–water partition coefficient (Wildman–Crippen LogP) is 4.97. The maximum absolute atomic E-state index is 12.2. The average Bonchev–Trinajstić information content (AvgIpc) is 2.31. The molecule has 2 rings (SSSR count). The molecule has 1 amide bonds. The van der Waals surface area contributed by atoms with Crippen LogP contribution < -0.4 is 5.32 Å². The van der Waals surface area contributed by atoms with Gasteiger partial charge >= 0.3 is 0 Å². The van der Waals surface area contributed by atoms with Crippen LogP contribution in [0.1, 0.15) is 21.5 Å². The molecule has 0 aliphatic carbocycles. The first-order valence-electron chi connectivity index (χ1n) is 5.80. The van der Waals surface area contributed by atoms with E-state index in [9.17, 15) is 4.79 Å². The Balaban J connectivity index is 2.25. The predicted molar refractivity (Wildman–Crippen MR) is 83.0 cm³/mol. The third kappa shape index (κ3) is 3.58. The highest BCUT2D eigenvalue weighted by molar-refractivity contribution is 9.10. The van der Waals surface area contributed by atoms with E-state index < -0.39 is 0 Å². The van der Waals surface area contributed by atoms with Gasteiger partial charge in [0.05, 0.1) is 10.7 Å². The first kappa shape index (κ1) is 14.1. The summed E-state index contributed by atoms with van der Waals surface area (Å²) in [6.07, 6.45) is 0. The van der Waals surface area contributed by atoms with Crippen molar-refractivity contribution < 1.29 is 4.79 Å². The van der Waals surface area contributed by atoms with Crippen LogP contribution in [0.4, 0.5) is 5.69 Å². The van der Waals surface area contributed by atoms with Crippen LogP contribution >= 0.6 is 27.5 Å². The number of hydrogen-bond acceptors (Lipinski definition) is 1. The van der Waals surface area contributed by atoms with Gasteiger partial charge in [0.25, 0.3) is 5.91 Å². The maximum atomic E-state index is 12.2. The van der Waals surface area contributed by atoms with E-state index in [0.717, 1.165) is 15.6 Å². The van der Waals surface area contributed by atoms with Gasteiger partial charge in [-0.15, -0.1) is 0 Å². The maximum Gasteiger partial charge on any atom is 0.255 e. The fraction of sp³-hybridized carbons (Fsp3) is 0.133. The van der Waals surface area contributed by atoms with Gasteiger partial charge in [-0.3, -0.25) is 4.79 Å². The summed E-state index contributed by atoms with van der Waals surface area (Å²) in [5, 5.41) is 3.36. The lowest BCUT2D eigenvalue weighted by atomic mass is 10.1. The van der Waals surface area contributed by atoms with Gasteiger partial charge in [0.2, 0.25) is 0 Å². The Morgan fingerprint density at radius 1 is 1.11 bits per heavy atom. The Hall–Kier alpha value is -1.32. The molecule has 98 valence electrons. The van der Waals surface area contributed by atoms with Gasteiger partial charge in [-0.2, -0.15) is 0 Å². The summed E-state index contributed by atoms with van der Waals surface area (Å²) < 4.78 is 0.882. The molecule has 0 radical (unpaired) electrons. The van der Waals surface area contributed by atoms with E-state index in [1.54, 1.807) is 12.1 Å². The minimum absolute atomic E-state index is 0.171. The zero-order valence-electron chi connectivity index (χ0n) is 10.6. The highest BCUT2D eigenvalue weighted by Gasteiger charge is 2.09. The van der Waals surface area contributed by atoms with E-state index in [-0.39, 0.29) is 5.91 Å². The molecular weight excluding hydrogens is 326 g/mol. The summed E-state index contributed by atoms with van der Waals surface area (Å²) >= 11 is 9.48. The number of hydrogen-bond donors (Lipinski definition) is 1. The first-order chi connectivity index (χ1) is 8.95. The zero-order valence-corrected chi connectivity index (χ0v) is 13.0. The average molecular weight is 339 g/mol. The van der Waals surface area contributed by atoms with E-state index in [1.807, 2.05) is 38.1 Å². The van der Waals surface area contributed by atoms with Crippen molar-refractivity contribution in [2.24, 2.45) is 0 Å². The zero-order chi connectivity index (χ0) is 14.0. The van der Waals surface area contributed by atoms with E-state index in [1.165, 1.54) is 0 Å². The lowest BCUT2D eigenvalue weighted by molar-refractivity contribution is 0.102. The molecule has 2 aromatic carbocycles. The third-order valence-electron chi connectivity index (χ3n) is 2.68. The number of carbonyl (C=O) groups is 1. The summed E-state index contributed by atoms with van der Waals surface area (Å²) in [6.45, 7) is 3.90. The lowest BCUT2D eigenvalue weighted by Crippen LogP contribution is -2.12. The van der Waals surface area contributed by atoms with Crippen molar-refractivity contribution in [3.8, 4) is 0 Å². The Labute approximate surface area is 125 Å². The highest BCUT2D eigenvalue weighted by atomic mass is 79.9. The van der Waals surface area contributed by atoms with Crippen molar-refractivity contribution in [2.45, 2.75) is 13.8 Å². The molecule has 0 bridgehead atoms. The number of rotatable bonds is 2. The minimum atomic E-state index is -0.171. The first-order valence-corrected chi connectivity index (χ1v) is 6.97. The fourth-order valence-corrected chi connectivity index (χ4v) is 2.67. The monoisotopic (exact) mass is 337 g/mol. The van der Waals surface area contributed by atoms with Crippen molar-refractivity contribution in [3.63, 3.8) is 0 Å². The van der Waals surface area contributed by atoms with Gasteiger partial charge < -0.3 is 5.32 Å². The molecule has 1 N–H and O–H groups in total. The van der Waals surface area contributed by atoms with Crippen molar-refractivity contribution in [3.05, 3.63) is 62.6 Å². The highest BCUT2D eigenvalue weighted by Crippen LogP contribution is 2.24. The summed E-state index contributed by atoms with van der Waals surface area (Å²) in [5.74, 6) is -0.171. The molecule has 0 atom stereocenters. The Bertz CT molecular complexity index is 620. The standard InChI is InChI=1S/C15H13BrClNO/c1-9-3-4-14(13(17)7-9)18-15(19)11-5-10(2)6-12(16)8-11/h3-8H,1-2H3,(H,18,19). The summed E-state index contributed by atoms with van der Waals surface area (Å²) in [7, 11) is 0. The van der Waals surface area contributed by atoms with E-state index >= 15 is 0 Å². The number of nitrogens with one attached hydrogen (secondary N) is 1. The van der Waals surface area contributed by atoms with E-state index in [2.05, 4.69) is 21.2 Å². The number of amides is 1. The van der Waals surface area contributed by atoms with Gasteiger partial charge in [-0.25, -0.2) is 0 Å². The molecule has 19 heavy (non-hydrogen) atoms. The lowest BCUT2D eigenvalue weighted by Gasteiger charge is -2.09. The number of benzene rings is 2. The molecule has 0 saturated carbocycles. The molecule has 0 aliphatic heterocycles. The molecule has 0 unspecified atom stereocenters. The molecule has 2 aromatic rings. The molecular formula is C15H13BrClNO. The Morgan fingerprint density at radius 3 is 2.47 bits per heavy atom. The molecule has 0 saturated heterocycles. The summed E-state index contributed by atoms with van der Waals surface area (Å²) in [6, 6.07) is 11.1. The normalized spacial score (nSPS) is 10.3. The largest absolute Gasteiger partial charge is 0.321 e. The van der Waals surface area contributed by atoms with E-state index in [0.29, 0.717) is 16.3 Å². The van der Waals surface area contributed by atoms with Gasteiger partial charge in [-0.05, 0) is 55.3 Å². The molecule has 0 aliphatic rings. The number of aryl methyl sites for hydroxylation is 2. The summed E-state index contributed by atoms with van der Waals surface area (Å²) in [4.78, 5) is 12.2. The van der Waals surface area contributed by atoms with Crippen LogP contribution in [0.2, 0.25) is 5.02 Å². The van der Waals surface area contributed by atoms with Crippen LogP contribution in [0.25, 0.3) is 0 Å².